The minimum atomic E-state index is -0.228. The third-order valence-electron chi connectivity index (χ3n) is 2.49. The van der Waals surface area contributed by atoms with E-state index in [0.29, 0.717) is 18.7 Å². The van der Waals surface area contributed by atoms with Crippen molar-refractivity contribution in [3.05, 3.63) is 24.3 Å². The number of hydrogen-bond acceptors (Lipinski definition) is 3. The van der Waals surface area contributed by atoms with Gasteiger partial charge in [0.2, 0.25) is 5.91 Å². The summed E-state index contributed by atoms with van der Waals surface area (Å²) in [5, 5.41) is 11.3. The SMILES string of the molecule is CCN(CCC#N)c1cccc(NC(=O)CCl)c1. The normalized spacial score (nSPS) is 9.61. The smallest absolute Gasteiger partial charge is 0.239 e. The van der Waals surface area contributed by atoms with Crippen molar-refractivity contribution >= 4 is 28.9 Å². The molecule has 0 aliphatic carbocycles. The molecule has 1 amide bonds. The fourth-order valence-corrected chi connectivity index (χ4v) is 1.70. The van der Waals surface area contributed by atoms with Gasteiger partial charge in [-0.15, -0.1) is 11.6 Å². The maximum absolute atomic E-state index is 11.2. The second-order valence-corrected chi connectivity index (χ2v) is 3.99. The quantitative estimate of drug-likeness (QED) is 0.805. The molecular formula is C13H16ClN3O. The second-order valence-electron chi connectivity index (χ2n) is 3.72. The van der Waals surface area contributed by atoms with Crippen molar-refractivity contribution in [2.24, 2.45) is 0 Å². The first-order valence-corrected chi connectivity index (χ1v) is 6.32. The van der Waals surface area contributed by atoms with Gasteiger partial charge in [0.1, 0.15) is 5.88 Å². The summed E-state index contributed by atoms with van der Waals surface area (Å²) in [6.07, 6.45) is 0.478. The van der Waals surface area contributed by atoms with Crippen molar-refractivity contribution in [3.63, 3.8) is 0 Å². The number of halogens is 1. The predicted molar refractivity (Wildman–Crippen MR) is 73.9 cm³/mol. The van der Waals surface area contributed by atoms with Crippen LogP contribution in [0.2, 0.25) is 0 Å². The summed E-state index contributed by atoms with van der Waals surface area (Å²) in [6.45, 7) is 3.52. The van der Waals surface area contributed by atoms with E-state index in [1.165, 1.54) is 0 Å². The van der Waals surface area contributed by atoms with Crippen LogP contribution in [0.5, 0.6) is 0 Å². The maximum atomic E-state index is 11.2. The molecule has 0 aliphatic rings. The van der Waals surface area contributed by atoms with Crippen LogP contribution in [0.3, 0.4) is 0 Å². The third-order valence-corrected chi connectivity index (χ3v) is 2.73. The highest BCUT2D eigenvalue weighted by Crippen LogP contribution is 2.19. The Morgan fingerprint density at radius 1 is 1.56 bits per heavy atom. The van der Waals surface area contributed by atoms with Crippen LogP contribution >= 0.6 is 11.6 Å². The largest absolute Gasteiger partial charge is 0.371 e. The summed E-state index contributed by atoms with van der Waals surface area (Å²) in [4.78, 5) is 13.3. The summed E-state index contributed by atoms with van der Waals surface area (Å²) in [7, 11) is 0. The molecule has 0 bridgehead atoms. The molecule has 0 atom stereocenters. The summed E-state index contributed by atoms with van der Waals surface area (Å²) < 4.78 is 0. The highest BCUT2D eigenvalue weighted by Gasteiger charge is 2.06. The molecule has 18 heavy (non-hydrogen) atoms. The molecule has 0 saturated heterocycles. The molecule has 96 valence electrons. The topological polar surface area (TPSA) is 56.1 Å². The van der Waals surface area contributed by atoms with Crippen LogP contribution in [-0.4, -0.2) is 24.9 Å². The van der Waals surface area contributed by atoms with E-state index in [0.717, 1.165) is 12.2 Å². The van der Waals surface area contributed by atoms with E-state index in [1.807, 2.05) is 31.2 Å². The number of carbonyl (C=O) groups is 1. The van der Waals surface area contributed by atoms with E-state index in [2.05, 4.69) is 16.3 Å². The number of nitrogens with one attached hydrogen (secondary N) is 1. The van der Waals surface area contributed by atoms with Crippen molar-refractivity contribution in [1.82, 2.24) is 0 Å². The van der Waals surface area contributed by atoms with Gasteiger partial charge >= 0.3 is 0 Å². The Balaban J connectivity index is 2.79. The Kier molecular flexibility index (Phi) is 6.03. The van der Waals surface area contributed by atoms with Crippen molar-refractivity contribution < 1.29 is 4.79 Å². The first-order valence-electron chi connectivity index (χ1n) is 5.79. The molecule has 0 heterocycles. The fraction of sp³-hybridized carbons (Fsp3) is 0.385. The molecule has 0 fully saturated rings. The minimum Gasteiger partial charge on any atom is -0.371 e. The number of alkyl halides is 1. The number of hydrogen-bond donors (Lipinski definition) is 1. The van der Waals surface area contributed by atoms with Crippen LogP contribution in [-0.2, 0) is 4.79 Å². The number of benzene rings is 1. The van der Waals surface area contributed by atoms with Crippen LogP contribution < -0.4 is 10.2 Å². The van der Waals surface area contributed by atoms with E-state index in [-0.39, 0.29) is 11.8 Å². The van der Waals surface area contributed by atoms with Crippen molar-refractivity contribution in [1.29, 1.82) is 5.26 Å². The molecule has 1 N–H and O–H groups in total. The molecule has 0 aromatic heterocycles. The summed E-state index contributed by atoms with van der Waals surface area (Å²) >= 11 is 5.44. The summed E-state index contributed by atoms with van der Waals surface area (Å²) in [6, 6.07) is 9.65. The number of nitriles is 1. The number of carbonyl (C=O) groups excluding carboxylic acids is 1. The molecule has 0 unspecified atom stereocenters. The lowest BCUT2D eigenvalue weighted by Gasteiger charge is -2.22. The summed E-state index contributed by atoms with van der Waals surface area (Å²) in [5.74, 6) is -0.287. The van der Waals surface area contributed by atoms with Gasteiger partial charge in [-0.25, -0.2) is 0 Å². The highest BCUT2D eigenvalue weighted by molar-refractivity contribution is 6.29. The van der Waals surface area contributed by atoms with Gasteiger partial charge in [0.25, 0.3) is 0 Å². The van der Waals surface area contributed by atoms with E-state index in [4.69, 9.17) is 16.9 Å². The van der Waals surface area contributed by atoms with Crippen LogP contribution in [0, 0.1) is 11.3 Å². The third kappa shape index (κ3) is 4.27. The van der Waals surface area contributed by atoms with E-state index < -0.39 is 0 Å². The van der Waals surface area contributed by atoms with Crippen LogP contribution in [0.4, 0.5) is 11.4 Å². The Labute approximate surface area is 112 Å². The van der Waals surface area contributed by atoms with Gasteiger partial charge < -0.3 is 10.2 Å². The fourth-order valence-electron chi connectivity index (χ4n) is 1.63. The molecule has 0 aliphatic heterocycles. The average molecular weight is 266 g/mol. The van der Waals surface area contributed by atoms with Crippen LogP contribution in [0.1, 0.15) is 13.3 Å². The second kappa shape index (κ2) is 7.57. The lowest BCUT2D eigenvalue weighted by atomic mass is 10.2. The Bertz CT molecular complexity index is 442. The minimum absolute atomic E-state index is 0.0594. The van der Waals surface area contributed by atoms with Crippen molar-refractivity contribution in [3.8, 4) is 6.07 Å². The Morgan fingerprint density at radius 2 is 2.33 bits per heavy atom. The van der Waals surface area contributed by atoms with Gasteiger partial charge in [0.05, 0.1) is 12.5 Å². The van der Waals surface area contributed by atoms with Gasteiger partial charge in [-0.2, -0.15) is 5.26 Å². The standard InChI is InChI=1S/C13H16ClN3O/c1-2-17(8-4-7-15)12-6-3-5-11(9-12)16-13(18)10-14/h3,5-6,9H,2,4,8,10H2,1H3,(H,16,18). The zero-order chi connectivity index (χ0) is 13.4. The van der Waals surface area contributed by atoms with Crippen molar-refractivity contribution in [2.45, 2.75) is 13.3 Å². The van der Waals surface area contributed by atoms with Gasteiger partial charge in [0.15, 0.2) is 0 Å². The monoisotopic (exact) mass is 265 g/mol. The molecule has 5 heteroatoms. The number of nitrogens with zero attached hydrogens (tertiary/aromatic N) is 2. The number of anilines is 2. The molecule has 1 aromatic carbocycles. The first kappa shape index (κ1) is 14.3. The number of rotatable bonds is 6. The summed E-state index contributed by atoms with van der Waals surface area (Å²) in [5.41, 5.74) is 1.70. The lowest BCUT2D eigenvalue weighted by Crippen LogP contribution is -2.23. The molecule has 4 nitrogen and oxygen atoms in total. The average Bonchev–Trinajstić information content (AvgIpc) is 2.40. The molecule has 1 aromatic rings. The molecule has 0 radical (unpaired) electrons. The van der Waals surface area contributed by atoms with E-state index in [9.17, 15) is 4.79 Å². The zero-order valence-corrected chi connectivity index (χ0v) is 11.1. The van der Waals surface area contributed by atoms with Crippen LogP contribution in [0.25, 0.3) is 0 Å². The maximum Gasteiger partial charge on any atom is 0.239 e. The molecular weight excluding hydrogens is 250 g/mol. The zero-order valence-electron chi connectivity index (χ0n) is 10.3. The highest BCUT2D eigenvalue weighted by atomic mass is 35.5. The predicted octanol–water partition coefficient (Wildman–Crippen LogP) is 2.60. The Hall–Kier alpha value is -1.73. The van der Waals surface area contributed by atoms with Gasteiger partial charge in [0, 0.05) is 24.5 Å². The van der Waals surface area contributed by atoms with E-state index in [1.54, 1.807) is 0 Å². The first-order chi connectivity index (χ1) is 8.71. The van der Waals surface area contributed by atoms with Gasteiger partial charge in [-0.1, -0.05) is 6.07 Å². The lowest BCUT2D eigenvalue weighted by molar-refractivity contribution is -0.113. The van der Waals surface area contributed by atoms with Gasteiger partial charge in [-0.05, 0) is 25.1 Å². The molecule has 1 rings (SSSR count). The molecule has 0 saturated carbocycles. The van der Waals surface area contributed by atoms with Crippen LogP contribution in [0.15, 0.2) is 24.3 Å². The Morgan fingerprint density at radius 3 is 2.94 bits per heavy atom. The van der Waals surface area contributed by atoms with Gasteiger partial charge in [-0.3, -0.25) is 4.79 Å². The molecule has 0 spiro atoms. The number of amides is 1. The van der Waals surface area contributed by atoms with Crippen molar-refractivity contribution in [2.75, 3.05) is 29.2 Å². The van der Waals surface area contributed by atoms with E-state index >= 15 is 0 Å².